The van der Waals surface area contributed by atoms with Gasteiger partial charge in [-0.1, -0.05) is 0 Å². The maximum atomic E-state index is 15.1. The summed E-state index contributed by atoms with van der Waals surface area (Å²) >= 11 is 0. The zero-order valence-electron chi connectivity index (χ0n) is 19.0. The van der Waals surface area contributed by atoms with Crippen molar-refractivity contribution in [3.63, 3.8) is 0 Å². The molecule has 0 spiro atoms. The fourth-order valence-electron chi connectivity index (χ4n) is 5.18. The van der Waals surface area contributed by atoms with Gasteiger partial charge < -0.3 is 9.80 Å². The molecule has 5 heterocycles. The summed E-state index contributed by atoms with van der Waals surface area (Å²) in [5.74, 6) is -1.60. The molecule has 0 bridgehead atoms. The molecule has 3 aliphatic heterocycles. The summed E-state index contributed by atoms with van der Waals surface area (Å²) in [4.78, 5) is 46.6. The molecular weight excluding hydrogens is 453 g/mol. The molecule has 35 heavy (non-hydrogen) atoms. The lowest BCUT2D eigenvalue weighted by Crippen LogP contribution is -2.52. The molecule has 2 fully saturated rings. The van der Waals surface area contributed by atoms with E-state index in [2.05, 4.69) is 20.3 Å². The van der Waals surface area contributed by atoms with Gasteiger partial charge in [-0.2, -0.15) is 5.10 Å². The SMILES string of the molecule is O=C1CCC(N2Cc3cc(N4CCN(Cc5ccn6ncnc6c5)CC4)c(F)cc3C2=O)C(=O)N1. The molecule has 10 nitrogen and oxygen atoms in total. The Morgan fingerprint density at radius 1 is 1.09 bits per heavy atom. The number of aromatic nitrogens is 3. The highest BCUT2D eigenvalue weighted by Crippen LogP contribution is 2.33. The third-order valence-electron chi connectivity index (χ3n) is 7.06. The van der Waals surface area contributed by atoms with Crippen LogP contribution in [0, 0.1) is 5.82 Å². The molecule has 3 aliphatic rings. The maximum absolute atomic E-state index is 15.1. The van der Waals surface area contributed by atoms with Crippen molar-refractivity contribution >= 4 is 29.1 Å². The summed E-state index contributed by atoms with van der Waals surface area (Å²) in [6, 6.07) is 6.37. The standard InChI is InChI=1S/C24H24FN7O3/c25-18-11-17-16(13-31(24(17)35)19-1-2-22(33)28-23(19)34)10-20(18)30-7-5-29(6-8-30)12-15-3-4-32-21(9-15)26-14-27-32/h3-4,9-11,14,19H,1-2,5-8,12-13H2,(H,28,33,34). The summed E-state index contributed by atoms with van der Waals surface area (Å²) in [6.45, 7) is 3.88. The van der Waals surface area contributed by atoms with E-state index in [0.717, 1.165) is 30.8 Å². The van der Waals surface area contributed by atoms with E-state index >= 15 is 4.39 Å². The smallest absolute Gasteiger partial charge is 0.255 e. The minimum atomic E-state index is -0.709. The summed E-state index contributed by atoms with van der Waals surface area (Å²) in [6.07, 6.45) is 3.90. The Morgan fingerprint density at radius 2 is 1.91 bits per heavy atom. The first-order valence-corrected chi connectivity index (χ1v) is 11.7. The van der Waals surface area contributed by atoms with Crippen LogP contribution in [0.2, 0.25) is 0 Å². The van der Waals surface area contributed by atoms with Crippen LogP contribution in [0.1, 0.15) is 34.3 Å². The fraction of sp³-hybridized carbons (Fsp3) is 0.375. The van der Waals surface area contributed by atoms with Gasteiger partial charge in [-0.25, -0.2) is 13.9 Å². The third-order valence-corrected chi connectivity index (χ3v) is 7.06. The first kappa shape index (κ1) is 21.7. The molecule has 0 aliphatic carbocycles. The molecule has 1 N–H and O–H groups in total. The molecule has 0 radical (unpaired) electrons. The molecule has 6 rings (SSSR count). The average Bonchev–Trinajstić information content (AvgIpc) is 3.43. The summed E-state index contributed by atoms with van der Waals surface area (Å²) in [7, 11) is 0. The van der Waals surface area contributed by atoms with Gasteiger partial charge in [-0.05, 0) is 41.8 Å². The van der Waals surface area contributed by atoms with Crippen molar-refractivity contribution in [1.29, 1.82) is 0 Å². The number of hydrogen-bond acceptors (Lipinski definition) is 7. The Bertz CT molecular complexity index is 1350. The number of anilines is 1. The molecule has 1 unspecified atom stereocenters. The van der Waals surface area contributed by atoms with E-state index < -0.39 is 17.8 Å². The number of rotatable bonds is 4. The maximum Gasteiger partial charge on any atom is 0.255 e. The molecule has 3 aromatic rings. The molecule has 3 amide bonds. The molecular formula is C24H24FN7O3. The molecule has 1 aromatic carbocycles. The predicted molar refractivity (Wildman–Crippen MR) is 123 cm³/mol. The van der Waals surface area contributed by atoms with Gasteiger partial charge in [-0.15, -0.1) is 0 Å². The Hall–Kier alpha value is -3.86. The Balaban J connectivity index is 1.13. The minimum absolute atomic E-state index is 0.188. The largest absolute Gasteiger partial charge is 0.367 e. The quantitative estimate of drug-likeness (QED) is 0.558. The third kappa shape index (κ3) is 3.91. The summed E-state index contributed by atoms with van der Waals surface area (Å²) in [5, 5.41) is 6.41. The second-order valence-electron chi connectivity index (χ2n) is 9.22. The average molecular weight is 478 g/mol. The van der Waals surface area contributed by atoms with Gasteiger partial charge in [0.25, 0.3) is 5.91 Å². The van der Waals surface area contributed by atoms with Crippen molar-refractivity contribution in [3.8, 4) is 0 Å². The highest BCUT2D eigenvalue weighted by Gasteiger charge is 2.40. The van der Waals surface area contributed by atoms with Crippen molar-refractivity contribution in [1.82, 2.24) is 29.7 Å². The van der Waals surface area contributed by atoms with E-state index in [9.17, 15) is 14.4 Å². The number of fused-ring (bicyclic) bond motifs is 2. The topological polar surface area (TPSA) is 103 Å². The second-order valence-corrected chi connectivity index (χ2v) is 9.22. The molecule has 1 atom stereocenters. The Kier molecular flexibility index (Phi) is 5.21. The highest BCUT2D eigenvalue weighted by atomic mass is 19.1. The Labute approximate surface area is 200 Å². The van der Waals surface area contributed by atoms with Gasteiger partial charge in [0.15, 0.2) is 5.65 Å². The van der Waals surface area contributed by atoms with E-state index in [0.29, 0.717) is 29.9 Å². The molecule has 2 saturated heterocycles. The van der Waals surface area contributed by atoms with Crippen molar-refractivity contribution in [2.75, 3.05) is 31.1 Å². The number of carbonyl (C=O) groups is 3. The number of benzene rings is 1. The lowest BCUT2D eigenvalue weighted by Gasteiger charge is -2.36. The van der Waals surface area contributed by atoms with E-state index in [1.54, 1.807) is 10.6 Å². The number of pyridine rings is 1. The highest BCUT2D eigenvalue weighted by molar-refractivity contribution is 6.05. The molecule has 180 valence electrons. The Morgan fingerprint density at radius 3 is 2.71 bits per heavy atom. The van der Waals surface area contributed by atoms with Crippen LogP contribution in [0.15, 0.2) is 36.8 Å². The number of nitrogens with zero attached hydrogens (tertiary/aromatic N) is 6. The second kappa shape index (κ2) is 8.42. The number of piperidine rings is 1. The first-order chi connectivity index (χ1) is 17.0. The van der Waals surface area contributed by atoms with E-state index in [4.69, 9.17) is 0 Å². The zero-order valence-corrected chi connectivity index (χ0v) is 19.0. The molecule has 11 heteroatoms. The summed E-state index contributed by atoms with van der Waals surface area (Å²) < 4.78 is 16.8. The van der Waals surface area contributed by atoms with Crippen LogP contribution < -0.4 is 10.2 Å². The number of halogens is 1. The number of carbonyl (C=O) groups excluding carboxylic acids is 3. The van der Waals surface area contributed by atoms with Gasteiger partial charge in [0, 0.05) is 57.4 Å². The van der Waals surface area contributed by atoms with Crippen molar-refractivity contribution in [2.24, 2.45) is 0 Å². The van der Waals surface area contributed by atoms with Gasteiger partial charge in [0.1, 0.15) is 18.2 Å². The fourth-order valence-corrected chi connectivity index (χ4v) is 5.18. The van der Waals surface area contributed by atoms with Gasteiger partial charge in [-0.3, -0.25) is 24.6 Å². The normalized spacial score (nSPS) is 21.1. The van der Waals surface area contributed by atoms with Gasteiger partial charge in [0.05, 0.1) is 5.69 Å². The van der Waals surface area contributed by atoms with Crippen LogP contribution in [0.5, 0.6) is 0 Å². The van der Waals surface area contributed by atoms with E-state index in [1.165, 1.54) is 17.3 Å². The number of nitrogens with one attached hydrogen (secondary N) is 1. The number of piperazine rings is 1. The van der Waals surface area contributed by atoms with E-state index in [-0.39, 0.29) is 31.2 Å². The van der Waals surface area contributed by atoms with Crippen LogP contribution in [0.25, 0.3) is 5.65 Å². The number of imide groups is 1. The number of amides is 3. The molecule has 0 saturated carbocycles. The van der Waals surface area contributed by atoms with Crippen molar-refractivity contribution < 1.29 is 18.8 Å². The van der Waals surface area contributed by atoms with Crippen LogP contribution in [-0.2, 0) is 22.7 Å². The van der Waals surface area contributed by atoms with Crippen molar-refractivity contribution in [2.45, 2.75) is 32.0 Å². The van der Waals surface area contributed by atoms with Gasteiger partial charge in [0.2, 0.25) is 11.8 Å². The van der Waals surface area contributed by atoms with Crippen LogP contribution in [0.4, 0.5) is 10.1 Å². The van der Waals surface area contributed by atoms with Crippen molar-refractivity contribution in [3.05, 3.63) is 59.3 Å². The minimum Gasteiger partial charge on any atom is -0.367 e. The lowest BCUT2D eigenvalue weighted by molar-refractivity contribution is -0.136. The molecule has 2 aromatic heterocycles. The zero-order chi connectivity index (χ0) is 24.1. The van der Waals surface area contributed by atoms with Crippen LogP contribution in [-0.4, -0.2) is 74.3 Å². The predicted octanol–water partition coefficient (Wildman–Crippen LogP) is 0.952. The first-order valence-electron chi connectivity index (χ1n) is 11.7. The van der Waals surface area contributed by atoms with E-state index in [1.807, 2.05) is 23.2 Å². The van der Waals surface area contributed by atoms with Crippen LogP contribution >= 0.6 is 0 Å². The lowest BCUT2D eigenvalue weighted by atomic mass is 10.0. The monoisotopic (exact) mass is 477 g/mol. The summed E-state index contributed by atoms with van der Waals surface area (Å²) in [5.41, 5.74) is 3.43. The van der Waals surface area contributed by atoms with Gasteiger partial charge >= 0.3 is 0 Å². The number of hydrogen-bond donors (Lipinski definition) is 1. The van der Waals surface area contributed by atoms with Crippen LogP contribution in [0.3, 0.4) is 0 Å².